The molecule has 0 aliphatic carbocycles. The number of carboxylic acid groups (broad SMARTS) is 1. The zero-order valence-electron chi connectivity index (χ0n) is 12.6. The topological polar surface area (TPSA) is 60.9 Å². The zero-order chi connectivity index (χ0) is 15.4. The van der Waals surface area contributed by atoms with Crippen LogP contribution in [0.3, 0.4) is 0 Å². The molecule has 1 heterocycles. The molecule has 1 aliphatic rings. The van der Waals surface area contributed by atoms with Gasteiger partial charge in [0.05, 0.1) is 5.56 Å². The molecule has 0 radical (unpaired) electrons. The molecule has 2 rings (SSSR count). The van der Waals surface area contributed by atoms with Gasteiger partial charge in [-0.3, -0.25) is 0 Å². The average Bonchev–Trinajstić information content (AvgIpc) is 2.89. The second-order valence-electron chi connectivity index (χ2n) is 5.41. The number of benzene rings is 1. The molecule has 5 nitrogen and oxygen atoms in total. The molecule has 0 atom stereocenters. The van der Waals surface area contributed by atoms with E-state index >= 15 is 0 Å². The molecule has 2 amide bonds. The number of fused-ring (bicyclic) bond motifs is 1. The van der Waals surface area contributed by atoms with Gasteiger partial charge in [-0.15, -0.1) is 0 Å². The number of carbonyl (C=O) groups is 2. The molecule has 1 aromatic rings. The van der Waals surface area contributed by atoms with Crippen LogP contribution in [0.1, 0.15) is 48.2 Å². The summed E-state index contributed by atoms with van der Waals surface area (Å²) >= 11 is 0. The number of amides is 2. The Morgan fingerprint density at radius 3 is 2.33 bits per heavy atom. The zero-order valence-corrected chi connectivity index (χ0v) is 12.6. The second-order valence-corrected chi connectivity index (χ2v) is 5.41. The maximum absolute atomic E-state index is 12.5. The van der Waals surface area contributed by atoms with Crippen molar-refractivity contribution in [2.45, 2.75) is 39.8 Å². The Bertz CT molecular complexity index is 536. The molecule has 0 aromatic heterocycles. The van der Waals surface area contributed by atoms with Crippen LogP contribution < -0.4 is 0 Å². The van der Waals surface area contributed by atoms with Crippen molar-refractivity contribution < 1.29 is 14.7 Å². The van der Waals surface area contributed by atoms with Crippen LogP contribution in [0, 0.1) is 0 Å². The van der Waals surface area contributed by atoms with E-state index in [9.17, 15) is 9.59 Å². The molecule has 0 saturated carbocycles. The van der Waals surface area contributed by atoms with Gasteiger partial charge in [0, 0.05) is 26.2 Å². The molecule has 0 spiro atoms. The summed E-state index contributed by atoms with van der Waals surface area (Å²) in [5, 5.41) is 9.03. The van der Waals surface area contributed by atoms with Crippen molar-refractivity contribution in [3.63, 3.8) is 0 Å². The van der Waals surface area contributed by atoms with Crippen LogP contribution in [0.5, 0.6) is 0 Å². The maximum Gasteiger partial charge on any atom is 0.335 e. The monoisotopic (exact) mass is 290 g/mol. The lowest BCUT2D eigenvalue weighted by Gasteiger charge is -2.27. The van der Waals surface area contributed by atoms with Gasteiger partial charge in [0.25, 0.3) is 0 Å². The van der Waals surface area contributed by atoms with Crippen LogP contribution in [-0.2, 0) is 13.1 Å². The highest BCUT2D eigenvalue weighted by Crippen LogP contribution is 2.25. The number of aromatic carboxylic acids is 1. The summed E-state index contributed by atoms with van der Waals surface area (Å²) in [5.41, 5.74) is 2.26. The third kappa shape index (κ3) is 3.35. The fourth-order valence-electron chi connectivity index (χ4n) is 2.71. The van der Waals surface area contributed by atoms with Gasteiger partial charge in [0.1, 0.15) is 0 Å². The predicted molar refractivity (Wildman–Crippen MR) is 80.2 cm³/mol. The molecule has 21 heavy (non-hydrogen) atoms. The SMILES string of the molecule is CCCN(CCC)C(=O)N1Cc2ccc(C(=O)O)cc2C1. The molecular formula is C16H22N2O3. The lowest BCUT2D eigenvalue weighted by atomic mass is 10.1. The highest BCUT2D eigenvalue weighted by molar-refractivity contribution is 5.88. The highest BCUT2D eigenvalue weighted by Gasteiger charge is 2.27. The van der Waals surface area contributed by atoms with Crippen LogP contribution in [0.15, 0.2) is 18.2 Å². The summed E-state index contributed by atoms with van der Waals surface area (Å²) in [6.07, 6.45) is 1.88. The van der Waals surface area contributed by atoms with Crippen LogP contribution in [0.4, 0.5) is 4.79 Å². The van der Waals surface area contributed by atoms with Crippen LogP contribution in [0.2, 0.25) is 0 Å². The van der Waals surface area contributed by atoms with Crippen LogP contribution in [-0.4, -0.2) is 40.0 Å². The van der Waals surface area contributed by atoms with E-state index in [0.29, 0.717) is 13.1 Å². The van der Waals surface area contributed by atoms with E-state index in [2.05, 4.69) is 13.8 Å². The lowest BCUT2D eigenvalue weighted by Crippen LogP contribution is -2.41. The van der Waals surface area contributed by atoms with Gasteiger partial charge in [0.15, 0.2) is 0 Å². The number of carbonyl (C=O) groups excluding carboxylic acids is 1. The molecule has 1 aromatic carbocycles. The van der Waals surface area contributed by atoms with Gasteiger partial charge in [-0.05, 0) is 36.1 Å². The van der Waals surface area contributed by atoms with Gasteiger partial charge in [-0.25, -0.2) is 9.59 Å². The molecule has 5 heteroatoms. The molecule has 0 fully saturated rings. The van der Waals surface area contributed by atoms with Gasteiger partial charge < -0.3 is 14.9 Å². The van der Waals surface area contributed by atoms with Crippen molar-refractivity contribution in [3.05, 3.63) is 34.9 Å². The summed E-state index contributed by atoms with van der Waals surface area (Å²) in [7, 11) is 0. The van der Waals surface area contributed by atoms with Crippen LogP contribution in [0.25, 0.3) is 0 Å². The average molecular weight is 290 g/mol. The molecule has 0 bridgehead atoms. The minimum absolute atomic E-state index is 0.0479. The van der Waals surface area contributed by atoms with E-state index in [1.165, 1.54) is 0 Å². The first kappa shape index (κ1) is 15.4. The van der Waals surface area contributed by atoms with Crippen LogP contribution >= 0.6 is 0 Å². The molecule has 0 unspecified atom stereocenters. The van der Waals surface area contributed by atoms with Crippen molar-refractivity contribution in [2.24, 2.45) is 0 Å². The summed E-state index contributed by atoms with van der Waals surface area (Å²) in [4.78, 5) is 27.2. The number of hydrogen-bond donors (Lipinski definition) is 1. The number of hydrogen-bond acceptors (Lipinski definition) is 2. The summed E-state index contributed by atoms with van der Waals surface area (Å²) < 4.78 is 0. The molecule has 114 valence electrons. The Kier molecular flexibility index (Phi) is 4.83. The van der Waals surface area contributed by atoms with E-state index in [-0.39, 0.29) is 11.6 Å². The third-order valence-corrected chi connectivity index (χ3v) is 3.70. The minimum Gasteiger partial charge on any atom is -0.478 e. The smallest absolute Gasteiger partial charge is 0.335 e. The van der Waals surface area contributed by atoms with Gasteiger partial charge >= 0.3 is 12.0 Å². The van der Waals surface area contributed by atoms with E-state index < -0.39 is 5.97 Å². The predicted octanol–water partition coefficient (Wildman–Crippen LogP) is 2.94. The Hall–Kier alpha value is -2.04. The summed E-state index contributed by atoms with van der Waals surface area (Å²) in [5.74, 6) is -0.929. The maximum atomic E-state index is 12.5. The first-order chi connectivity index (χ1) is 10.1. The quantitative estimate of drug-likeness (QED) is 0.907. The van der Waals surface area contributed by atoms with Crippen molar-refractivity contribution in [2.75, 3.05) is 13.1 Å². The van der Waals surface area contributed by atoms with Crippen molar-refractivity contribution >= 4 is 12.0 Å². The molecule has 1 N–H and O–H groups in total. The summed E-state index contributed by atoms with van der Waals surface area (Å²) in [6, 6.07) is 5.14. The first-order valence-electron chi connectivity index (χ1n) is 7.45. The largest absolute Gasteiger partial charge is 0.478 e. The van der Waals surface area contributed by atoms with Crippen molar-refractivity contribution in [1.29, 1.82) is 0 Å². The second kappa shape index (κ2) is 6.61. The third-order valence-electron chi connectivity index (χ3n) is 3.70. The van der Waals surface area contributed by atoms with Crippen molar-refractivity contribution in [3.8, 4) is 0 Å². The van der Waals surface area contributed by atoms with Gasteiger partial charge in [-0.1, -0.05) is 19.9 Å². The van der Waals surface area contributed by atoms with Crippen molar-refractivity contribution in [1.82, 2.24) is 9.80 Å². The highest BCUT2D eigenvalue weighted by atomic mass is 16.4. The fourth-order valence-corrected chi connectivity index (χ4v) is 2.71. The van der Waals surface area contributed by atoms with E-state index in [4.69, 9.17) is 5.11 Å². The number of nitrogens with zero attached hydrogens (tertiary/aromatic N) is 2. The van der Waals surface area contributed by atoms with E-state index in [0.717, 1.165) is 37.1 Å². The standard InChI is InChI=1S/C16H22N2O3/c1-3-7-17(8-4-2)16(21)18-10-13-6-5-12(15(19)20)9-14(13)11-18/h5-6,9H,3-4,7-8,10-11H2,1-2H3,(H,19,20). The first-order valence-corrected chi connectivity index (χ1v) is 7.45. The van der Waals surface area contributed by atoms with E-state index in [1.54, 1.807) is 17.0 Å². The lowest BCUT2D eigenvalue weighted by molar-refractivity contribution is 0.0696. The fraction of sp³-hybridized carbons (Fsp3) is 0.500. The summed E-state index contributed by atoms with van der Waals surface area (Å²) in [6.45, 7) is 6.72. The Labute approximate surface area is 125 Å². The Balaban J connectivity index is 2.11. The minimum atomic E-state index is -0.929. The normalized spacial score (nSPS) is 13.1. The number of rotatable bonds is 5. The molecule has 0 saturated heterocycles. The van der Waals surface area contributed by atoms with E-state index in [1.807, 2.05) is 11.0 Å². The molecule has 1 aliphatic heterocycles. The Morgan fingerprint density at radius 2 is 1.76 bits per heavy atom. The molecular weight excluding hydrogens is 268 g/mol. The number of urea groups is 1. The number of carboxylic acids is 1. The van der Waals surface area contributed by atoms with Gasteiger partial charge in [0.2, 0.25) is 0 Å². The van der Waals surface area contributed by atoms with Gasteiger partial charge in [-0.2, -0.15) is 0 Å². The Morgan fingerprint density at radius 1 is 1.14 bits per heavy atom.